The second kappa shape index (κ2) is 9.55. The number of pyridine rings is 2. The van der Waals surface area contributed by atoms with Crippen molar-refractivity contribution < 1.29 is 27.5 Å². The van der Waals surface area contributed by atoms with E-state index < -0.39 is 17.6 Å². The first-order valence-corrected chi connectivity index (χ1v) is 8.86. The normalized spacial score (nSPS) is 11.3. The van der Waals surface area contributed by atoms with Crippen LogP contribution in [0.25, 0.3) is 0 Å². The molecule has 0 aliphatic heterocycles. The van der Waals surface area contributed by atoms with Crippen molar-refractivity contribution in [3.63, 3.8) is 0 Å². The van der Waals surface area contributed by atoms with Crippen molar-refractivity contribution >= 4 is 29.2 Å². The Morgan fingerprint density at radius 2 is 1.97 bits per heavy atom. The lowest BCUT2D eigenvalue weighted by atomic mass is 10.2. The first kappa shape index (κ1) is 22.4. The number of hydrogen-bond donors (Lipinski definition) is 2. The van der Waals surface area contributed by atoms with Crippen molar-refractivity contribution in [1.82, 2.24) is 15.3 Å². The molecular formula is C18H18ClF3N4O3. The predicted octanol–water partition coefficient (Wildman–Crippen LogP) is 3.55. The predicted molar refractivity (Wildman–Crippen MR) is 99.8 cm³/mol. The molecule has 0 fully saturated rings. The molecule has 0 atom stereocenters. The Bertz CT molecular complexity index is 891. The third-order valence-corrected chi connectivity index (χ3v) is 3.83. The monoisotopic (exact) mass is 430 g/mol. The van der Waals surface area contributed by atoms with E-state index in [4.69, 9.17) is 16.3 Å². The molecule has 0 saturated carbocycles. The number of rotatable bonds is 7. The van der Waals surface area contributed by atoms with Gasteiger partial charge in [-0.05, 0) is 18.2 Å². The van der Waals surface area contributed by atoms with E-state index in [1.165, 1.54) is 18.3 Å². The largest absolute Gasteiger partial charge is 0.475 e. The van der Waals surface area contributed by atoms with Crippen LogP contribution in [0, 0.1) is 5.92 Å². The molecule has 0 bridgehead atoms. The molecule has 2 aromatic heterocycles. The molecule has 29 heavy (non-hydrogen) atoms. The summed E-state index contributed by atoms with van der Waals surface area (Å²) in [5, 5.41) is 4.88. The van der Waals surface area contributed by atoms with Crippen LogP contribution in [0.5, 0.6) is 5.88 Å². The number of halogens is 4. The molecule has 2 N–H and O–H groups in total. The van der Waals surface area contributed by atoms with Gasteiger partial charge in [-0.1, -0.05) is 25.4 Å². The Morgan fingerprint density at radius 3 is 2.59 bits per heavy atom. The maximum Gasteiger partial charge on any atom is 0.417 e. The zero-order valence-corrected chi connectivity index (χ0v) is 16.3. The van der Waals surface area contributed by atoms with E-state index in [1.807, 2.05) is 0 Å². The molecule has 0 spiro atoms. The minimum Gasteiger partial charge on any atom is -0.475 e. The van der Waals surface area contributed by atoms with Crippen LogP contribution in [0.3, 0.4) is 0 Å². The maximum atomic E-state index is 12.6. The van der Waals surface area contributed by atoms with Gasteiger partial charge in [-0.15, -0.1) is 0 Å². The third kappa shape index (κ3) is 6.60. The van der Waals surface area contributed by atoms with Crippen LogP contribution in [-0.2, 0) is 11.0 Å². The van der Waals surface area contributed by atoms with Gasteiger partial charge >= 0.3 is 6.18 Å². The van der Waals surface area contributed by atoms with E-state index in [9.17, 15) is 22.8 Å². The van der Waals surface area contributed by atoms with Crippen molar-refractivity contribution in [2.24, 2.45) is 5.92 Å². The Kier molecular flexibility index (Phi) is 7.38. The first-order valence-electron chi connectivity index (χ1n) is 8.48. The topological polar surface area (TPSA) is 93.2 Å². The summed E-state index contributed by atoms with van der Waals surface area (Å²) in [6.45, 7) is 3.44. The van der Waals surface area contributed by atoms with Gasteiger partial charge in [-0.3, -0.25) is 9.59 Å². The molecule has 11 heteroatoms. The molecule has 2 amide bonds. The van der Waals surface area contributed by atoms with E-state index in [0.29, 0.717) is 12.3 Å². The maximum absolute atomic E-state index is 12.6. The lowest BCUT2D eigenvalue weighted by molar-refractivity contribution is -0.137. The molecule has 2 heterocycles. The van der Waals surface area contributed by atoms with E-state index in [1.54, 1.807) is 13.8 Å². The molecule has 7 nitrogen and oxygen atoms in total. The number of amides is 2. The highest BCUT2D eigenvalue weighted by Gasteiger charge is 2.31. The van der Waals surface area contributed by atoms with Gasteiger partial charge in [0.05, 0.1) is 12.1 Å². The van der Waals surface area contributed by atoms with Crippen molar-refractivity contribution in [3.8, 4) is 5.88 Å². The highest BCUT2D eigenvalue weighted by molar-refractivity contribution is 6.31. The molecule has 2 aromatic rings. The molecule has 0 aromatic carbocycles. The Labute approximate surface area is 169 Å². The molecule has 0 radical (unpaired) electrons. The number of hydrogen-bond acceptors (Lipinski definition) is 5. The van der Waals surface area contributed by atoms with Gasteiger partial charge in [0.25, 0.3) is 5.91 Å². The molecule has 0 aliphatic carbocycles. The summed E-state index contributed by atoms with van der Waals surface area (Å²) in [6.07, 6.45) is -2.56. The summed E-state index contributed by atoms with van der Waals surface area (Å²) in [5.74, 6) is -0.839. The van der Waals surface area contributed by atoms with Gasteiger partial charge < -0.3 is 15.4 Å². The van der Waals surface area contributed by atoms with Gasteiger partial charge in [0.15, 0.2) is 0 Å². The number of carbonyl (C=O) groups excluding carboxylic acids is 2. The SMILES string of the molecule is CC(C)C(=O)Nc1cc(C(=O)NCCOc2ncc(C(F)(F)F)cc2Cl)ccn1. The van der Waals surface area contributed by atoms with E-state index in [0.717, 1.165) is 0 Å². The van der Waals surface area contributed by atoms with Crippen LogP contribution in [0.1, 0.15) is 29.8 Å². The van der Waals surface area contributed by atoms with Gasteiger partial charge in [0.1, 0.15) is 17.4 Å². The number of carbonyl (C=O) groups is 2. The fourth-order valence-electron chi connectivity index (χ4n) is 2.01. The molecule has 0 unspecified atom stereocenters. The Morgan fingerprint density at radius 1 is 1.24 bits per heavy atom. The second-order valence-electron chi connectivity index (χ2n) is 6.19. The second-order valence-corrected chi connectivity index (χ2v) is 6.59. The average Bonchev–Trinajstić information content (AvgIpc) is 2.65. The number of aromatic nitrogens is 2. The Balaban J connectivity index is 1.87. The fourth-order valence-corrected chi connectivity index (χ4v) is 2.23. The smallest absolute Gasteiger partial charge is 0.417 e. The van der Waals surface area contributed by atoms with Crippen molar-refractivity contribution in [2.75, 3.05) is 18.5 Å². The summed E-state index contributed by atoms with van der Waals surface area (Å²) < 4.78 is 42.9. The number of nitrogens with zero attached hydrogens (tertiary/aromatic N) is 2. The van der Waals surface area contributed by atoms with Crippen LogP contribution < -0.4 is 15.4 Å². The molecule has 2 rings (SSSR count). The number of alkyl halides is 3. The number of anilines is 1. The van der Waals surface area contributed by atoms with Crippen LogP contribution in [0.2, 0.25) is 5.02 Å². The van der Waals surface area contributed by atoms with Crippen molar-refractivity contribution in [2.45, 2.75) is 20.0 Å². The highest BCUT2D eigenvalue weighted by Crippen LogP contribution is 2.32. The first-order chi connectivity index (χ1) is 13.6. The minimum absolute atomic E-state index is 0.0495. The molecule has 0 saturated heterocycles. The summed E-state index contributed by atoms with van der Waals surface area (Å²) in [5.41, 5.74) is -0.717. The van der Waals surface area contributed by atoms with Crippen molar-refractivity contribution in [3.05, 3.63) is 46.7 Å². The summed E-state index contributed by atoms with van der Waals surface area (Å²) in [6, 6.07) is 3.60. The van der Waals surface area contributed by atoms with Crippen LogP contribution in [0.4, 0.5) is 19.0 Å². The fraction of sp³-hybridized carbons (Fsp3) is 0.333. The lowest BCUT2D eigenvalue weighted by Gasteiger charge is -2.11. The summed E-state index contributed by atoms with van der Waals surface area (Å²) in [7, 11) is 0. The van der Waals surface area contributed by atoms with Crippen LogP contribution in [0.15, 0.2) is 30.6 Å². The molecule has 156 valence electrons. The van der Waals surface area contributed by atoms with E-state index in [-0.39, 0.29) is 47.3 Å². The Hall–Kier alpha value is -2.88. The van der Waals surface area contributed by atoms with Gasteiger partial charge in [0, 0.05) is 23.9 Å². The zero-order chi connectivity index (χ0) is 21.6. The van der Waals surface area contributed by atoms with E-state index >= 15 is 0 Å². The van der Waals surface area contributed by atoms with Crippen LogP contribution in [-0.4, -0.2) is 34.9 Å². The number of ether oxygens (including phenoxy) is 1. The molecular weight excluding hydrogens is 413 g/mol. The standard InChI is InChI=1S/C18H18ClF3N4O3/c1-10(2)15(27)26-14-7-11(3-4-23-14)16(28)24-5-6-29-17-13(19)8-12(9-25-17)18(20,21)22/h3-4,7-10H,5-6H2,1-2H3,(H,24,28)(H,23,26,27). The quantitative estimate of drug-likeness (QED) is 0.655. The van der Waals surface area contributed by atoms with Gasteiger partial charge in [-0.25, -0.2) is 9.97 Å². The third-order valence-electron chi connectivity index (χ3n) is 3.56. The molecule has 0 aliphatic rings. The number of nitrogens with one attached hydrogen (secondary N) is 2. The minimum atomic E-state index is -4.55. The van der Waals surface area contributed by atoms with Crippen molar-refractivity contribution in [1.29, 1.82) is 0 Å². The summed E-state index contributed by atoms with van der Waals surface area (Å²) in [4.78, 5) is 31.4. The zero-order valence-electron chi connectivity index (χ0n) is 15.5. The highest BCUT2D eigenvalue weighted by atomic mass is 35.5. The van der Waals surface area contributed by atoms with E-state index in [2.05, 4.69) is 20.6 Å². The van der Waals surface area contributed by atoms with Crippen LogP contribution >= 0.6 is 11.6 Å². The summed E-state index contributed by atoms with van der Waals surface area (Å²) >= 11 is 5.74. The lowest BCUT2D eigenvalue weighted by Crippen LogP contribution is -2.28. The van der Waals surface area contributed by atoms with Gasteiger partial charge in [-0.2, -0.15) is 13.2 Å². The van der Waals surface area contributed by atoms with Gasteiger partial charge in [0.2, 0.25) is 11.8 Å². The average molecular weight is 431 g/mol.